The van der Waals surface area contributed by atoms with E-state index in [2.05, 4.69) is 17.9 Å². The molecule has 0 bridgehead atoms. The van der Waals surface area contributed by atoms with Gasteiger partial charge in [0.25, 0.3) is 0 Å². The fraction of sp³-hybridized carbons (Fsp3) is 0.231. The Morgan fingerprint density at radius 2 is 1.81 bits per heavy atom. The van der Waals surface area contributed by atoms with Gasteiger partial charge in [-0.1, -0.05) is 24.3 Å². The van der Waals surface area contributed by atoms with E-state index in [4.69, 9.17) is 14.2 Å². The number of halogens is 1. The first-order valence-electron chi connectivity index (χ1n) is 11.0. The van der Waals surface area contributed by atoms with Gasteiger partial charge in [-0.3, -0.25) is 10.1 Å². The molecule has 3 aromatic rings. The number of esters is 1. The average Bonchev–Trinajstić information content (AvgIpc) is 2.89. The summed E-state index contributed by atoms with van der Waals surface area (Å²) in [7, 11) is 0. The summed E-state index contributed by atoms with van der Waals surface area (Å²) in [6, 6.07) is 19.6. The standard InChI is InChI=1S/C26H26FNO6S2/c1-36-20-10-8-18(9-11-20)28-26(31)34-25(17-7-12-22(29)21(27)15-17)23(13-14-32-24(30)16-35)33-19-5-3-2-4-6-19/h2-12,15,23,25,29,35H,13-14,16H2,1H3,(H,28,31)/t23-,25-/m1/s1. The molecule has 190 valence electrons. The third-order valence-electron chi connectivity index (χ3n) is 5.03. The van der Waals surface area contributed by atoms with Crippen LogP contribution in [0.3, 0.4) is 0 Å². The number of rotatable bonds is 11. The molecule has 0 saturated heterocycles. The number of hydrogen-bond donors (Lipinski definition) is 3. The Morgan fingerprint density at radius 1 is 1.08 bits per heavy atom. The Balaban J connectivity index is 1.88. The average molecular weight is 532 g/mol. The maximum atomic E-state index is 14.3. The van der Waals surface area contributed by atoms with Crippen LogP contribution in [-0.2, 0) is 14.3 Å². The van der Waals surface area contributed by atoms with Crippen molar-refractivity contribution < 1.29 is 33.3 Å². The van der Waals surface area contributed by atoms with Gasteiger partial charge in [0, 0.05) is 17.0 Å². The third-order valence-corrected chi connectivity index (χ3v) is 6.04. The van der Waals surface area contributed by atoms with E-state index in [1.807, 2.05) is 24.5 Å². The van der Waals surface area contributed by atoms with Crippen molar-refractivity contribution >= 4 is 42.1 Å². The lowest BCUT2D eigenvalue weighted by molar-refractivity contribution is -0.141. The molecular weight excluding hydrogens is 505 g/mol. The quantitative estimate of drug-likeness (QED) is 0.162. The lowest BCUT2D eigenvalue weighted by Gasteiger charge is -2.28. The summed E-state index contributed by atoms with van der Waals surface area (Å²) < 4.78 is 31.2. The molecule has 7 nitrogen and oxygen atoms in total. The Hall–Kier alpha value is -3.37. The molecule has 3 aromatic carbocycles. The van der Waals surface area contributed by atoms with E-state index in [9.17, 15) is 19.1 Å². The highest BCUT2D eigenvalue weighted by atomic mass is 32.2. The summed E-state index contributed by atoms with van der Waals surface area (Å²) in [5.74, 6) is -1.56. The zero-order chi connectivity index (χ0) is 25.9. The maximum Gasteiger partial charge on any atom is 0.412 e. The normalized spacial score (nSPS) is 12.3. The van der Waals surface area contributed by atoms with Crippen LogP contribution in [0.2, 0.25) is 0 Å². The predicted octanol–water partition coefficient (Wildman–Crippen LogP) is 5.85. The van der Waals surface area contributed by atoms with Crippen LogP contribution in [0.5, 0.6) is 11.5 Å². The number of amides is 1. The number of nitrogens with one attached hydrogen (secondary N) is 1. The molecule has 2 atom stereocenters. The molecule has 0 heterocycles. The smallest absolute Gasteiger partial charge is 0.412 e. The second kappa shape index (κ2) is 13.6. The SMILES string of the molecule is CSc1ccc(NC(=O)O[C@H](c2ccc(O)c(F)c2)[C@@H](CCOC(=O)CS)Oc2ccccc2)cc1. The zero-order valence-corrected chi connectivity index (χ0v) is 21.1. The second-order valence-electron chi connectivity index (χ2n) is 7.53. The topological polar surface area (TPSA) is 94.1 Å². The summed E-state index contributed by atoms with van der Waals surface area (Å²) in [6.45, 7) is -0.0465. The number of carbonyl (C=O) groups is 2. The van der Waals surface area contributed by atoms with Crippen molar-refractivity contribution in [2.24, 2.45) is 0 Å². The molecule has 1 amide bonds. The number of aromatic hydroxyl groups is 1. The minimum Gasteiger partial charge on any atom is -0.505 e. The highest BCUT2D eigenvalue weighted by molar-refractivity contribution is 7.98. The van der Waals surface area contributed by atoms with Crippen LogP contribution in [-0.4, -0.2) is 41.9 Å². The molecule has 2 N–H and O–H groups in total. The highest BCUT2D eigenvalue weighted by Gasteiger charge is 2.30. The first kappa shape index (κ1) is 27.2. The van der Waals surface area contributed by atoms with Crippen LogP contribution in [0.15, 0.2) is 77.7 Å². The van der Waals surface area contributed by atoms with Gasteiger partial charge in [-0.2, -0.15) is 12.6 Å². The highest BCUT2D eigenvalue weighted by Crippen LogP contribution is 2.31. The van der Waals surface area contributed by atoms with E-state index >= 15 is 0 Å². The summed E-state index contributed by atoms with van der Waals surface area (Å²) in [5, 5.41) is 12.3. The summed E-state index contributed by atoms with van der Waals surface area (Å²) in [5.41, 5.74) is 0.760. The lowest BCUT2D eigenvalue weighted by atomic mass is 10.0. The van der Waals surface area contributed by atoms with Crippen LogP contribution >= 0.6 is 24.4 Å². The van der Waals surface area contributed by atoms with Crippen LogP contribution in [0.4, 0.5) is 14.9 Å². The molecule has 0 radical (unpaired) electrons. The zero-order valence-electron chi connectivity index (χ0n) is 19.4. The Labute approximate surface area is 218 Å². The lowest BCUT2D eigenvalue weighted by Crippen LogP contribution is -2.32. The van der Waals surface area contributed by atoms with Crippen molar-refractivity contribution in [2.75, 3.05) is 23.9 Å². The van der Waals surface area contributed by atoms with Crippen molar-refractivity contribution in [3.8, 4) is 11.5 Å². The van der Waals surface area contributed by atoms with E-state index in [1.54, 1.807) is 48.2 Å². The Bertz CT molecular complexity index is 1150. The molecule has 36 heavy (non-hydrogen) atoms. The van der Waals surface area contributed by atoms with Gasteiger partial charge in [0.2, 0.25) is 0 Å². The molecule has 3 rings (SSSR count). The number of benzene rings is 3. The fourth-order valence-corrected chi connectivity index (χ4v) is 3.78. The molecule has 0 fully saturated rings. The molecule has 0 aliphatic heterocycles. The number of thiol groups is 1. The molecule has 0 aromatic heterocycles. The molecule has 10 heteroatoms. The number of phenols is 1. The van der Waals surface area contributed by atoms with Gasteiger partial charge in [0.1, 0.15) is 11.9 Å². The van der Waals surface area contributed by atoms with Crippen molar-refractivity contribution in [2.45, 2.75) is 23.5 Å². The number of phenolic OH excluding ortho intramolecular Hbond substituents is 1. The van der Waals surface area contributed by atoms with Crippen LogP contribution in [0.1, 0.15) is 18.1 Å². The van der Waals surface area contributed by atoms with Gasteiger partial charge in [0.05, 0.1) is 12.4 Å². The van der Waals surface area contributed by atoms with Crippen molar-refractivity contribution in [1.82, 2.24) is 0 Å². The summed E-state index contributed by atoms with van der Waals surface area (Å²) >= 11 is 5.46. The number of anilines is 1. The van der Waals surface area contributed by atoms with E-state index in [-0.39, 0.29) is 24.3 Å². The maximum absolute atomic E-state index is 14.3. The van der Waals surface area contributed by atoms with E-state index in [0.717, 1.165) is 11.0 Å². The number of carbonyl (C=O) groups excluding carboxylic acids is 2. The first-order chi connectivity index (χ1) is 17.4. The van der Waals surface area contributed by atoms with Gasteiger partial charge in [0.15, 0.2) is 17.7 Å². The van der Waals surface area contributed by atoms with Crippen LogP contribution < -0.4 is 10.1 Å². The number of ether oxygens (including phenoxy) is 3. The first-order valence-corrected chi connectivity index (χ1v) is 12.8. The van der Waals surface area contributed by atoms with Gasteiger partial charge in [-0.05, 0) is 60.4 Å². The molecular formula is C26H26FNO6S2. The van der Waals surface area contributed by atoms with Gasteiger partial charge < -0.3 is 19.3 Å². The van der Waals surface area contributed by atoms with Crippen LogP contribution in [0, 0.1) is 5.82 Å². The number of thioether (sulfide) groups is 1. The molecule has 0 aliphatic rings. The minimum atomic E-state index is -1.11. The van der Waals surface area contributed by atoms with Crippen molar-refractivity contribution in [1.29, 1.82) is 0 Å². The Kier molecular flexibility index (Phi) is 10.3. The van der Waals surface area contributed by atoms with E-state index in [0.29, 0.717) is 11.4 Å². The number of para-hydroxylation sites is 1. The number of hydrogen-bond acceptors (Lipinski definition) is 8. The molecule has 0 spiro atoms. The van der Waals surface area contributed by atoms with Gasteiger partial charge >= 0.3 is 12.1 Å². The molecule has 0 unspecified atom stereocenters. The molecule has 0 aliphatic carbocycles. The summed E-state index contributed by atoms with van der Waals surface area (Å²) in [6.07, 6.45) is -0.705. The van der Waals surface area contributed by atoms with E-state index in [1.165, 1.54) is 12.1 Å². The second-order valence-corrected chi connectivity index (χ2v) is 8.72. The van der Waals surface area contributed by atoms with Gasteiger partial charge in [-0.15, -0.1) is 11.8 Å². The van der Waals surface area contributed by atoms with Gasteiger partial charge in [-0.25, -0.2) is 9.18 Å². The minimum absolute atomic E-state index is 0.0465. The summed E-state index contributed by atoms with van der Waals surface area (Å²) in [4.78, 5) is 25.5. The fourth-order valence-electron chi connectivity index (χ4n) is 3.28. The van der Waals surface area contributed by atoms with Crippen LogP contribution in [0.25, 0.3) is 0 Å². The van der Waals surface area contributed by atoms with E-state index < -0.39 is 35.8 Å². The van der Waals surface area contributed by atoms with Crippen molar-refractivity contribution in [3.63, 3.8) is 0 Å². The largest absolute Gasteiger partial charge is 0.505 e. The monoisotopic (exact) mass is 531 g/mol. The third kappa shape index (κ3) is 8.10. The molecule has 0 saturated carbocycles. The Morgan fingerprint density at radius 3 is 2.44 bits per heavy atom. The predicted molar refractivity (Wildman–Crippen MR) is 139 cm³/mol. The van der Waals surface area contributed by atoms with Crippen molar-refractivity contribution in [3.05, 3.63) is 84.2 Å².